The van der Waals surface area contributed by atoms with Crippen LogP contribution in [0.15, 0.2) is 51.4 Å². The van der Waals surface area contributed by atoms with Gasteiger partial charge < -0.3 is 10.1 Å². The smallest absolute Gasteiger partial charge is 0.262 e. The molecule has 0 aromatic heterocycles. The molecular formula is C18H19Br2NO2. The lowest BCUT2D eigenvalue weighted by Gasteiger charge is -2.13. The van der Waals surface area contributed by atoms with Crippen LogP contribution in [-0.2, 0) is 4.79 Å². The molecule has 122 valence electrons. The Morgan fingerprint density at radius 3 is 2.57 bits per heavy atom. The summed E-state index contributed by atoms with van der Waals surface area (Å²) in [6, 6.07) is 13.5. The van der Waals surface area contributed by atoms with E-state index in [1.165, 1.54) is 5.56 Å². The van der Waals surface area contributed by atoms with Gasteiger partial charge in [-0.05, 0) is 74.0 Å². The lowest BCUT2D eigenvalue weighted by molar-refractivity contribution is -0.118. The molecule has 0 radical (unpaired) electrons. The van der Waals surface area contributed by atoms with Gasteiger partial charge in [-0.25, -0.2) is 0 Å². The summed E-state index contributed by atoms with van der Waals surface area (Å²) in [7, 11) is 0. The molecule has 0 bridgehead atoms. The van der Waals surface area contributed by atoms with Crippen molar-refractivity contribution in [2.45, 2.75) is 26.2 Å². The van der Waals surface area contributed by atoms with E-state index in [1.54, 1.807) is 0 Å². The summed E-state index contributed by atoms with van der Waals surface area (Å²) in [6.45, 7) is 4.31. The van der Waals surface area contributed by atoms with Crippen LogP contribution in [0, 0.1) is 0 Å². The lowest BCUT2D eigenvalue weighted by Crippen LogP contribution is -2.20. The van der Waals surface area contributed by atoms with Crippen LogP contribution in [-0.4, -0.2) is 12.5 Å². The second-order valence-corrected chi connectivity index (χ2v) is 7.02. The third-order valence-electron chi connectivity index (χ3n) is 3.64. The summed E-state index contributed by atoms with van der Waals surface area (Å²) < 4.78 is 7.31. The summed E-state index contributed by atoms with van der Waals surface area (Å²) >= 11 is 6.91. The molecule has 5 heteroatoms. The van der Waals surface area contributed by atoms with Gasteiger partial charge >= 0.3 is 0 Å². The first-order chi connectivity index (χ1) is 11.0. The molecular weight excluding hydrogens is 422 g/mol. The van der Waals surface area contributed by atoms with Crippen LogP contribution < -0.4 is 10.1 Å². The number of anilines is 1. The zero-order valence-corrected chi connectivity index (χ0v) is 16.3. The van der Waals surface area contributed by atoms with Crippen LogP contribution in [0.5, 0.6) is 5.75 Å². The summed E-state index contributed by atoms with van der Waals surface area (Å²) in [5, 5.41) is 2.81. The van der Waals surface area contributed by atoms with E-state index < -0.39 is 0 Å². The molecule has 1 amide bonds. The highest BCUT2D eigenvalue weighted by molar-refractivity contribution is 9.11. The molecule has 1 unspecified atom stereocenters. The molecule has 0 saturated carbocycles. The van der Waals surface area contributed by atoms with Crippen LogP contribution >= 0.6 is 31.9 Å². The minimum atomic E-state index is -0.199. The Labute approximate surface area is 153 Å². The van der Waals surface area contributed by atoms with E-state index in [9.17, 15) is 4.79 Å². The van der Waals surface area contributed by atoms with Gasteiger partial charge in [-0.3, -0.25) is 4.79 Å². The Hall–Kier alpha value is -1.33. The van der Waals surface area contributed by atoms with E-state index in [0.717, 1.165) is 21.1 Å². The van der Waals surface area contributed by atoms with Gasteiger partial charge in [0.15, 0.2) is 6.61 Å². The standard InChI is InChI=1S/C18H19Br2NO2/c1-3-12(2)13-8-9-17(15(20)10-13)23-11-18(22)21-16-7-5-4-6-14(16)19/h4-10,12H,3,11H2,1-2H3,(H,21,22). The first-order valence-electron chi connectivity index (χ1n) is 7.48. The van der Waals surface area contributed by atoms with E-state index in [4.69, 9.17) is 4.74 Å². The van der Waals surface area contributed by atoms with Gasteiger partial charge in [0.2, 0.25) is 0 Å². The van der Waals surface area contributed by atoms with Crippen molar-refractivity contribution in [1.29, 1.82) is 0 Å². The molecule has 3 nitrogen and oxygen atoms in total. The van der Waals surface area contributed by atoms with Crippen LogP contribution in [0.25, 0.3) is 0 Å². The molecule has 0 saturated heterocycles. The van der Waals surface area contributed by atoms with E-state index >= 15 is 0 Å². The molecule has 1 N–H and O–H groups in total. The van der Waals surface area contributed by atoms with E-state index in [-0.39, 0.29) is 12.5 Å². The first kappa shape index (κ1) is 18.0. The highest BCUT2D eigenvalue weighted by Crippen LogP contribution is 2.30. The summed E-state index contributed by atoms with van der Waals surface area (Å²) in [4.78, 5) is 12.0. The number of carbonyl (C=O) groups excluding carboxylic acids is 1. The highest BCUT2D eigenvalue weighted by Gasteiger charge is 2.10. The van der Waals surface area contributed by atoms with Gasteiger partial charge in [-0.15, -0.1) is 0 Å². The van der Waals surface area contributed by atoms with E-state index in [0.29, 0.717) is 11.7 Å². The number of amides is 1. The normalized spacial score (nSPS) is 11.8. The lowest BCUT2D eigenvalue weighted by atomic mass is 9.99. The van der Waals surface area contributed by atoms with Gasteiger partial charge in [-0.2, -0.15) is 0 Å². The summed E-state index contributed by atoms with van der Waals surface area (Å²) in [6.07, 6.45) is 1.08. The fourth-order valence-electron chi connectivity index (χ4n) is 2.07. The Bertz CT molecular complexity index is 688. The van der Waals surface area contributed by atoms with Crippen LogP contribution in [0.1, 0.15) is 31.7 Å². The van der Waals surface area contributed by atoms with Crippen LogP contribution in [0.2, 0.25) is 0 Å². The maximum Gasteiger partial charge on any atom is 0.262 e. The summed E-state index contributed by atoms with van der Waals surface area (Å²) in [5.74, 6) is 0.966. The molecule has 0 fully saturated rings. The Morgan fingerprint density at radius 2 is 1.91 bits per heavy atom. The van der Waals surface area contributed by atoms with Gasteiger partial charge in [0, 0.05) is 4.47 Å². The largest absolute Gasteiger partial charge is 0.483 e. The Kier molecular flexibility index (Phi) is 6.66. The van der Waals surface area contributed by atoms with Gasteiger partial charge in [0.05, 0.1) is 10.2 Å². The molecule has 0 aliphatic carbocycles. The molecule has 0 spiro atoms. The van der Waals surface area contributed by atoms with Crippen molar-refractivity contribution < 1.29 is 9.53 Å². The predicted molar refractivity (Wildman–Crippen MR) is 101 cm³/mol. The van der Waals surface area contributed by atoms with E-state index in [2.05, 4.69) is 57.1 Å². The molecule has 23 heavy (non-hydrogen) atoms. The van der Waals surface area contributed by atoms with Crippen molar-refractivity contribution in [2.75, 3.05) is 11.9 Å². The monoisotopic (exact) mass is 439 g/mol. The summed E-state index contributed by atoms with van der Waals surface area (Å²) in [5.41, 5.74) is 1.98. The van der Waals surface area contributed by atoms with Gasteiger partial charge in [0.25, 0.3) is 5.91 Å². The SMILES string of the molecule is CCC(C)c1ccc(OCC(=O)Nc2ccccc2Br)c(Br)c1. The molecule has 1 atom stereocenters. The average molecular weight is 441 g/mol. The second-order valence-electron chi connectivity index (χ2n) is 5.32. The van der Waals surface area contributed by atoms with Crippen LogP contribution in [0.4, 0.5) is 5.69 Å². The third-order valence-corrected chi connectivity index (χ3v) is 4.96. The average Bonchev–Trinajstić information content (AvgIpc) is 2.55. The zero-order valence-electron chi connectivity index (χ0n) is 13.1. The van der Waals surface area contributed by atoms with Crippen molar-refractivity contribution >= 4 is 43.5 Å². The molecule has 0 aliphatic rings. The molecule has 2 aromatic rings. The number of ether oxygens (including phenoxy) is 1. The predicted octanol–water partition coefficient (Wildman–Crippen LogP) is 5.74. The minimum Gasteiger partial charge on any atom is -0.483 e. The number of rotatable bonds is 6. The number of hydrogen-bond acceptors (Lipinski definition) is 2. The first-order valence-corrected chi connectivity index (χ1v) is 9.06. The van der Waals surface area contributed by atoms with Crippen molar-refractivity contribution in [1.82, 2.24) is 0 Å². The second kappa shape index (κ2) is 8.50. The maximum atomic E-state index is 12.0. The highest BCUT2D eigenvalue weighted by atomic mass is 79.9. The number of hydrogen-bond donors (Lipinski definition) is 1. The molecule has 0 heterocycles. The maximum absolute atomic E-state index is 12.0. The van der Waals surface area contributed by atoms with E-state index in [1.807, 2.05) is 36.4 Å². The van der Waals surface area contributed by atoms with Gasteiger partial charge in [-0.1, -0.05) is 32.0 Å². The van der Waals surface area contributed by atoms with Crippen molar-refractivity contribution in [3.63, 3.8) is 0 Å². The molecule has 2 aromatic carbocycles. The Morgan fingerprint density at radius 1 is 1.17 bits per heavy atom. The van der Waals surface area contributed by atoms with Crippen molar-refractivity contribution in [3.8, 4) is 5.75 Å². The fourth-order valence-corrected chi connectivity index (χ4v) is 2.96. The molecule has 2 rings (SSSR count). The number of para-hydroxylation sites is 1. The number of benzene rings is 2. The fraction of sp³-hybridized carbons (Fsp3) is 0.278. The molecule has 0 aliphatic heterocycles. The van der Waals surface area contributed by atoms with Crippen LogP contribution in [0.3, 0.4) is 0 Å². The van der Waals surface area contributed by atoms with Gasteiger partial charge in [0.1, 0.15) is 5.75 Å². The Balaban J connectivity index is 1.95. The van der Waals surface area contributed by atoms with Crippen molar-refractivity contribution in [2.24, 2.45) is 0 Å². The minimum absolute atomic E-state index is 0.0391. The quantitative estimate of drug-likeness (QED) is 0.621. The van der Waals surface area contributed by atoms with Crippen molar-refractivity contribution in [3.05, 3.63) is 57.0 Å². The number of carbonyl (C=O) groups is 1. The third kappa shape index (κ3) is 5.08. The zero-order chi connectivity index (χ0) is 16.8. The number of halogens is 2. The number of nitrogens with one attached hydrogen (secondary N) is 1. The topological polar surface area (TPSA) is 38.3 Å².